The minimum Gasteiger partial charge on any atom is -0.490 e. The topological polar surface area (TPSA) is 27.1 Å². The summed E-state index contributed by atoms with van der Waals surface area (Å²) in [4.78, 5) is 0. The van der Waals surface area contributed by atoms with Gasteiger partial charge in [0.2, 0.25) is 0 Å². The average molecular weight is 228 g/mol. The molecule has 0 aliphatic carbocycles. The number of ether oxygens (including phenoxy) is 1. The fraction of sp³-hybridized carbons (Fsp3) is 0.727. The first-order chi connectivity index (χ1) is 7.30. The third kappa shape index (κ3) is 4.16. The molecule has 1 aromatic rings. The number of hydrogen-bond donors (Lipinski definition) is 1. The zero-order valence-electron chi connectivity index (χ0n) is 9.52. The average Bonchev–Trinajstić information content (AvgIpc) is 2.68. The van der Waals surface area contributed by atoms with Crippen LogP contribution in [-0.2, 0) is 6.54 Å². The van der Waals surface area contributed by atoms with Crippen LogP contribution in [0.15, 0.2) is 12.4 Å². The molecule has 0 bridgehead atoms. The molecule has 0 spiro atoms. The molecule has 1 heterocycles. The van der Waals surface area contributed by atoms with E-state index in [2.05, 4.69) is 31.6 Å². The molecule has 0 saturated heterocycles. The number of nitrogens with zero attached hydrogens (tertiary/aromatic N) is 2. The van der Waals surface area contributed by atoms with Crippen LogP contribution in [0.2, 0.25) is 0 Å². The highest BCUT2D eigenvalue weighted by molar-refractivity contribution is 7.80. The first-order valence-electron chi connectivity index (χ1n) is 5.56. The van der Waals surface area contributed by atoms with Crippen LogP contribution in [0.3, 0.4) is 0 Å². The molecular weight excluding hydrogens is 208 g/mol. The Morgan fingerprint density at radius 1 is 1.53 bits per heavy atom. The van der Waals surface area contributed by atoms with Crippen molar-refractivity contribution in [1.82, 2.24) is 9.78 Å². The van der Waals surface area contributed by atoms with Gasteiger partial charge >= 0.3 is 0 Å². The highest BCUT2D eigenvalue weighted by atomic mass is 32.1. The van der Waals surface area contributed by atoms with E-state index in [1.54, 1.807) is 6.20 Å². The Balaban J connectivity index is 2.36. The van der Waals surface area contributed by atoms with Gasteiger partial charge < -0.3 is 4.74 Å². The van der Waals surface area contributed by atoms with Crippen molar-refractivity contribution >= 4 is 12.6 Å². The summed E-state index contributed by atoms with van der Waals surface area (Å²) in [7, 11) is 0. The monoisotopic (exact) mass is 228 g/mol. The molecule has 0 aliphatic heterocycles. The van der Waals surface area contributed by atoms with E-state index < -0.39 is 0 Å². The number of hydrogen-bond acceptors (Lipinski definition) is 3. The van der Waals surface area contributed by atoms with Gasteiger partial charge in [-0.15, -0.1) is 0 Å². The molecule has 4 heteroatoms. The molecule has 15 heavy (non-hydrogen) atoms. The number of rotatable bonds is 7. The lowest BCUT2D eigenvalue weighted by molar-refractivity contribution is 0.259. The zero-order chi connectivity index (χ0) is 11.1. The Hall–Kier alpha value is -0.640. The Labute approximate surface area is 97.2 Å². The first kappa shape index (κ1) is 12.4. The van der Waals surface area contributed by atoms with Crippen molar-refractivity contribution in [3.63, 3.8) is 0 Å². The van der Waals surface area contributed by atoms with Gasteiger partial charge in [0, 0.05) is 12.5 Å². The lowest BCUT2D eigenvalue weighted by atomic mass is 10.1. The van der Waals surface area contributed by atoms with E-state index in [-0.39, 0.29) is 0 Å². The maximum absolute atomic E-state index is 5.64. The molecule has 0 radical (unpaired) electrons. The summed E-state index contributed by atoms with van der Waals surface area (Å²) < 4.78 is 7.56. The fourth-order valence-electron chi connectivity index (χ4n) is 1.28. The maximum atomic E-state index is 5.64. The van der Waals surface area contributed by atoms with Gasteiger partial charge in [-0.05, 0) is 18.6 Å². The summed E-state index contributed by atoms with van der Waals surface area (Å²) >= 11 is 4.28. The molecule has 1 atom stereocenters. The Morgan fingerprint density at radius 3 is 2.93 bits per heavy atom. The van der Waals surface area contributed by atoms with E-state index in [4.69, 9.17) is 4.74 Å². The van der Waals surface area contributed by atoms with Crippen molar-refractivity contribution in [2.45, 2.75) is 33.2 Å². The molecular formula is C11H20N2OS. The van der Waals surface area contributed by atoms with Crippen LogP contribution in [0.4, 0.5) is 0 Å². The molecule has 1 unspecified atom stereocenters. The van der Waals surface area contributed by atoms with Crippen molar-refractivity contribution < 1.29 is 4.74 Å². The van der Waals surface area contributed by atoms with E-state index in [0.717, 1.165) is 37.5 Å². The standard InChI is InChI=1S/C11H20N2OS/c1-3-5-13-7-11(6-12-13)14-8-10(4-2)9-15/h6-7,10,15H,3-5,8-9H2,1-2H3. The largest absolute Gasteiger partial charge is 0.490 e. The van der Waals surface area contributed by atoms with Crippen LogP contribution in [0.1, 0.15) is 26.7 Å². The quantitative estimate of drug-likeness (QED) is 0.726. The van der Waals surface area contributed by atoms with Gasteiger partial charge in [0.05, 0.1) is 19.0 Å². The predicted molar refractivity (Wildman–Crippen MR) is 65.6 cm³/mol. The van der Waals surface area contributed by atoms with Crippen LogP contribution in [0.25, 0.3) is 0 Å². The summed E-state index contributed by atoms with van der Waals surface area (Å²) in [6, 6.07) is 0. The van der Waals surface area contributed by atoms with Gasteiger partial charge in [0.25, 0.3) is 0 Å². The summed E-state index contributed by atoms with van der Waals surface area (Å²) in [5, 5.41) is 4.21. The summed E-state index contributed by atoms with van der Waals surface area (Å²) in [6.45, 7) is 5.98. The number of thiol groups is 1. The van der Waals surface area contributed by atoms with Gasteiger partial charge in [-0.3, -0.25) is 4.68 Å². The van der Waals surface area contributed by atoms with Crippen molar-refractivity contribution in [2.24, 2.45) is 5.92 Å². The molecule has 0 N–H and O–H groups in total. The lowest BCUT2D eigenvalue weighted by Crippen LogP contribution is -2.12. The molecule has 86 valence electrons. The molecule has 3 nitrogen and oxygen atoms in total. The van der Waals surface area contributed by atoms with Gasteiger partial charge in [-0.25, -0.2) is 0 Å². The second kappa shape index (κ2) is 6.77. The van der Waals surface area contributed by atoms with Crippen LogP contribution < -0.4 is 4.74 Å². The van der Waals surface area contributed by atoms with Crippen LogP contribution >= 0.6 is 12.6 Å². The number of aromatic nitrogens is 2. The zero-order valence-corrected chi connectivity index (χ0v) is 10.4. The maximum Gasteiger partial charge on any atom is 0.157 e. The van der Waals surface area contributed by atoms with Crippen molar-refractivity contribution in [3.8, 4) is 5.75 Å². The van der Waals surface area contributed by atoms with Crippen LogP contribution in [0.5, 0.6) is 5.75 Å². The van der Waals surface area contributed by atoms with E-state index in [9.17, 15) is 0 Å². The second-order valence-corrected chi connectivity index (χ2v) is 4.07. The molecule has 1 rings (SSSR count). The smallest absolute Gasteiger partial charge is 0.157 e. The highest BCUT2D eigenvalue weighted by Gasteiger charge is 2.05. The number of aryl methyl sites for hydroxylation is 1. The second-order valence-electron chi connectivity index (χ2n) is 3.71. The Bertz CT molecular complexity index is 271. The molecule has 0 amide bonds. The Morgan fingerprint density at radius 2 is 2.33 bits per heavy atom. The third-order valence-electron chi connectivity index (χ3n) is 2.38. The molecule has 1 aromatic heterocycles. The van der Waals surface area contributed by atoms with Crippen molar-refractivity contribution in [2.75, 3.05) is 12.4 Å². The van der Waals surface area contributed by atoms with E-state index in [0.29, 0.717) is 5.92 Å². The predicted octanol–water partition coefficient (Wildman–Crippen LogP) is 2.63. The van der Waals surface area contributed by atoms with Gasteiger partial charge in [0.15, 0.2) is 5.75 Å². The third-order valence-corrected chi connectivity index (χ3v) is 2.90. The minimum absolute atomic E-state index is 0.530. The van der Waals surface area contributed by atoms with Crippen LogP contribution in [0, 0.1) is 5.92 Å². The lowest BCUT2D eigenvalue weighted by Gasteiger charge is -2.11. The Kier molecular flexibility index (Phi) is 5.61. The first-order valence-corrected chi connectivity index (χ1v) is 6.19. The van der Waals surface area contributed by atoms with E-state index in [1.165, 1.54) is 0 Å². The summed E-state index contributed by atoms with van der Waals surface area (Å²) in [5.74, 6) is 2.27. The molecule has 0 saturated carbocycles. The van der Waals surface area contributed by atoms with Gasteiger partial charge in [-0.2, -0.15) is 17.7 Å². The minimum atomic E-state index is 0.530. The normalized spacial score (nSPS) is 12.7. The van der Waals surface area contributed by atoms with Gasteiger partial charge in [-0.1, -0.05) is 13.8 Å². The highest BCUT2D eigenvalue weighted by Crippen LogP contribution is 2.12. The fourth-order valence-corrected chi connectivity index (χ4v) is 1.65. The van der Waals surface area contributed by atoms with Crippen molar-refractivity contribution in [1.29, 1.82) is 0 Å². The molecule has 0 aromatic carbocycles. The SMILES string of the molecule is CCCn1cc(OCC(CC)CS)cn1. The van der Waals surface area contributed by atoms with Gasteiger partial charge in [0.1, 0.15) is 0 Å². The van der Waals surface area contributed by atoms with Crippen LogP contribution in [-0.4, -0.2) is 22.1 Å². The molecule has 0 aliphatic rings. The summed E-state index contributed by atoms with van der Waals surface area (Å²) in [6.07, 6.45) is 5.93. The molecule has 0 fully saturated rings. The summed E-state index contributed by atoms with van der Waals surface area (Å²) in [5.41, 5.74) is 0. The van der Waals surface area contributed by atoms with E-state index in [1.807, 2.05) is 10.9 Å². The van der Waals surface area contributed by atoms with E-state index >= 15 is 0 Å². The van der Waals surface area contributed by atoms with Crippen molar-refractivity contribution in [3.05, 3.63) is 12.4 Å².